The summed E-state index contributed by atoms with van der Waals surface area (Å²) in [6, 6.07) is 18.4. The number of aromatic nitrogens is 2. The maximum Gasteiger partial charge on any atom is 0.160 e. The van der Waals surface area contributed by atoms with Crippen LogP contribution >= 0.6 is 0 Å². The molecular formula is C26H28FN7. The number of benzene rings is 2. The number of allylic oxidation sites excluding steroid dienone is 1. The summed E-state index contributed by atoms with van der Waals surface area (Å²) in [6.45, 7) is 4.86. The first-order valence-electron chi connectivity index (χ1n) is 11.1. The lowest BCUT2D eigenvalue weighted by molar-refractivity contribution is 0.624. The maximum absolute atomic E-state index is 13.3. The van der Waals surface area contributed by atoms with Crippen molar-refractivity contribution < 1.29 is 4.39 Å². The Bertz CT molecular complexity index is 1190. The van der Waals surface area contributed by atoms with Gasteiger partial charge in [-0.05, 0) is 48.9 Å². The molecule has 0 radical (unpaired) electrons. The quantitative estimate of drug-likeness (QED) is 0.430. The third-order valence-corrected chi connectivity index (χ3v) is 5.36. The first-order chi connectivity index (χ1) is 16.5. The van der Waals surface area contributed by atoms with E-state index in [1.54, 1.807) is 13.0 Å². The number of rotatable bonds is 6. The minimum absolute atomic E-state index is 0.230. The van der Waals surface area contributed by atoms with Crippen LogP contribution in [0.1, 0.15) is 18.3 Å². The van der Waals surface area contributed by atoms with Crippen LogP contribution < -0.4 is 21.3 Å². The van der Waals surface area contributed by atoms with E-state index in [-0.39, 0.29) is 11.7 Å². The molecule has 1 aliphatic rings. The number of piperazine rings is 1. The standard InChI is InChI=1S/C26H28FN7/c1-19(28)17-23(29)30-25-18-26(32-24(31-25)12-7-20-5-3-2-4-6-20)34-15-13-33(14-16-34)22-10-8-21(27)9-11-22/h2-12,17-18H,13-16,28H2,1H3,(H2,29,30,31,32)/b12-7+,19-17-. The van der Waals surface area contributed by atoms with Crippen LogP contribution in [0.2, 0.25) is 0 Å². The van der Waals surface area contributed by atoms with Crippen LogP contribution in [-0.2, 0) is 0 Å². The summed E-state index contributed by atoms with van der Waals surface area (Å²) in [5, 5.41) is 0. The summed E-state index contributed by atoms with van der Waals surface area (Å²) >= 11 is 0. The largest absolute Gasteiger partial charge is 0.402 e. The van der Waals surface area contributed by atoms with Gasteiger partial charge in [0.1, 0.15) is 17.5 Å². The highest BCUT2D eigenvalue weighted by Crippen LogP contribution is 2.23. The molecule has 8 heteroatoms. The molecule has 0 atom stereocenters. The molecule has 0 saturated carbocycles. The molecule has 4 rings (SSSR count). The van der Waals surface area contributed by atoms with E-state index >= 15 is 0 Å². The van der Waals surface area contributed by atoms with Crippen LogP contribution in [0.5, 0.6) is 0 Å². The molecule has 0 spiro atoms. The van der Waals surface area contributed by atoms with E-state index in [0.29, 0.717) is 17.3 Å². The molecule has 0 amide bonds. The summed E-state index contributed by atoms with van der Waals surface area (Å²) < 4.78 is 13.3. The van der Waals surface area contributed by atoms with Gasteiger partial charge in [-0.3, -0.25) is 0 Å². The van der Waals surface area contributed by atoms with Crippen molar-refractivity contribution >= 4 is 35.3 Å². The summed E-state index contributed by atoms with van der Waals surface area (Å²) in [5.74, 6) is 1.84. The molecular weight excluding hydrogens is 429 g/mol. The minimum atomic E-state index is -0.230. The second kappa shape index (κ2) is 10.6. The maximum atomic E-state index is 13.3. The number of nitrogens with zero attached hydrogens (tertiary/aromatic N) is 5. The molecule has 0 bridgehead atoms. The Morgan fingerprint density at radius 1 is 0.912 bits per heavy atom. The number of halogens is 1. The molecule has 4 N–H and O–H groups in total. The summed E-state index contributed by atoms with van der Waals surface area (Å²) in [6.07, 6.45) is 5.43. The number of hydrogen-bond acceptors (Lipinski definition) is 6. The van der Waals surface area contributed by atoms with Gasteiger partial charge < -0.3 is 21.3 Å². The average Bonchev–Trinajstić information content (AvgIpc) is 2.83. The molecule has 3 aromatic rings. The smallest absolute Gasteiger partial charge is 0.160 e. The molecule has 7 nitrogen and oxygen atoms in total. The van der Waals surface area contributed by atoms with Crippen LogP contribution in [0.4, 0.5) is 21.7 Å². The lowest BCUT2D eigenvalue weighted by Gasteiger charge is -2.36. The van der Waals surface area contributed by atoms with Crippen molar-refractivity contribution in [3.63, 3.8) is 0 Å². The summed E-state index contributed by atoms with van der Waals surface area (Å²) in [7, 11) is 0. The topological polar surface area (TPSA) is 96.7 Å². The predicted octanol–water partition coefficient (Wildman–Crippen LogP) is 3.96. The molecule has 174 valence electrons. The Kier molecular flexibility index (Phi) is 7.17. The molecule has 1 saturated heterocycles. The lowest BCUT2D eigenvalue weighted by atomic mass is 10.2. The van der Waals surface area contributed by atoms with Crippen molar-refractivity contribution in [2.24, 2.45) is 16.5 Å². The zero-order valence-corrected chi connectivity index (χ0v) is 19.1. The van der Waals surface area contributed by atoms with Crippen molar-refractivity contribution in [2.45, 2.75) is 6.92 Å². The van der Waals surface area contributed by atoms with E-state index in [1.165, 1.54) is 12.1 Å². The Morgan fingerprint density at radius 2 is 1.59 bits per heavy atom. The number of amidine groups is 1. The van der Waals surface area contributed by atoms with Gasteiger partial charge in [0.2, 0.25) is 0 Å². The number of nitrogens with two attached hydrogens (primary N) is 2. The third-order valence-electron chi connectivity index (χ3n) is 5.36. The van der Waals surface area contributed by atoms with E-state index in [0.717, 1.165) is 43.2 Å². The van der Waals surface area contributed by atoms with E-state index in [9.17, 15) is 4.39 Å². The monoisotopic (exact) mass is 457 g/mol. The molecule has 1 aromatic heterocycles. The first-order valence-corrected chi connectivity index (χ1v) is 11.1. The van der Waals surface area contributed by atoms with Crippen molar-refractivity contribution in [2.75, 3.05) is 36.0 Å². The fourth-order valence-corrected chi connectivity index (χ4v) is 3.71. The fraction of sp³-hybridized carbons (Fsp3) is 0.192. The van der Waals surface area contributed by atoms with Gasteiger partial charge in [0.05, 0.1) is 0 Å². The molecule has 1 fully saturated rings. The minimum Gasteiger partial charge on any atom is -0.402 e. The molecule has 2 heterocycles. The van der Waals surface area contributed by atoms with Gasteiger partial charge in [-0.2, -0.15) is 0 Å². The summed E-state index contributed by atoms with van der Waals surface area (Å²) in [5.41, 5.74) is 14.4. The third kappa shape index (κ3) is 6.19. The van der Waals surface area contributed by atoms with Gasteiger partial charge in [0.15, 0.2) is 11.6 Å². The van der Waals surface area contributed by atoms with E-state index in [2.05, 4.69) is 19.8 Å². The van der Waals surface area contributed by atoms with Crippen molar-refractivity contribution in [1.29, 1.82) is 0 Å². The zero-order chi connectivity index (χ0) is 23.9. The van der Waals surface area contributed by atoms with E-state index < -0.39 is 0 Å². The Morgan fingerprint density at radius 3 is 2.26 bits per heavy atom. The molecule has 2 aromatic carbocycles. The average molecular weight is 458 g/mol. The molecule has 34 heavy (non-hydrogen) atoms. The second-order valence-electron chi connectivity index (χ2n) is 8.06. The fourth-order valence-electron chi connectivity index (χ4n) is 3.71. The normalized spacial score (nSPS) is 15.2. The second-order valence-corrected chi connectivity index (χ2v) is 8.06. The van der Waals surface area contributed by atoms with E-state index in [4.69, 9.17) is 16.5 Å². The van der Waals surface area contributed by atoms with E-state index in [1.807, 2.05) is 60.7 Å². The van der Waals surface area contributed by atoms with Gasteiger partial charge in [0, 0.05) is 43.6 Å². The van der Waals surface area contributed by atoms with Gasteiger partial charge in [-0.15, -0.1) is 0 Å². The Balaban J connectivity index is 1.58. The van der Waals surface area contributed by atoms with Crippen LogP contribution in [0, 0.1) is 5.82 Å². The highest BCUT2D eigenvalue weighted by atomic mass is 19.1. The highest BCUT2D eigenvalue weighted by molar-refractivity contribution is 5.93. The van der Waals surface area contributed by atoms with Crippen molar-refractivity contribution in [3.8, 4) is 0 Å². The van der Waals surface area contributed by atoms with Crippen molar-refractivity contribution in [1.82, 2.24) is 9.97 Å². The summed E-state index contributed by atoms with van der Waals surface area (Å²) in [4.78, 5) is 18.2. The Hall–Kier alpha value is -4.20. The number of anilines is 2. The van der Waals surface area contributed by atoms with Crippen LogP contribution in [-0.4, -0.2) is 42.0 Å². The van der Waals surface area contributed by atoms with Gasteiger partial charge in [0.25, 0.3) is 0 Å². The Labute approximate surface area is 199 Å². The van der Waals surface area contributed by atoms with Gasteiger partial charge >= 0.3 is 0 Å². The van der Waals surface area contributed by atoms with Crippen molar-refractivity contribution in [3.05, 3.63) is 89.6 Å². The van der Waals surface area contributed by atoms with Gasteiger partial charge in [-0.1, -0.05) is 36.4 Å². The molecule has 0 unspecified atom stereocenters. The van der Waals surface area contributed by atoms with Crippen LogP contribution in [0.15, 0.2) is 77.4 Å². The van der Waals surface area contributed by atoms with Crippen LogP contribution in [0.3, 0.4) is 0 Å². The number of hydrogen-bond donors (Lipinski definition) is 2. The number of aliphatic imine (C=N–C) groups is 1. The first kappa shape index (κ1) is 23.0. The predicted molar refractivity (Wildman–Crippen MR) is 137 cm³/mol. The zero-order valence-electron chi connectivity index (χ0n) is 19.1. The van der Waals surface area contributed by atoms with Crippen LogP contribution in [0.25, 0.3) is 12.2 Å². The SMILES string of the molecule is C/C(N)=C/C(N)=N\c1cc(N2CCN(c3ccc(F)cc3)CC2)nc(/C=C/c2ccccc2)n1. The van der Waals surface area contributed by atoms with Gasteiger partial charge in [-0.25, -0.2) is 19.4 Å². The molecule has 1 aliphatic heterocycles. The molecule has 0 aliphatic carbocycles. The highest BCUT2D eigenvalue weighted by Gasteiger charge is 2.19. The lowest BCUT2D eigenvalue weighted by Crippen LogP contribution is -2.46.